The molecule has 2 rings (SSSR count). The second-order valence-corrected chi connectivity index (χ2v) is 8.66. The van der Waals surface area contributed by atoms with Gasteiger partial charge < -0.3 is 10.1 Å². The van der Waals surface area contributed by atoms with Gasteiger partial charge in [0.15, 0.2) is 0 Å². The van der Waals surface area contributed by atoms with Crippen LogP contribution in [-0.2, 0) is 14.8 Å². The highest BCUT2D eigenvalue weighted by atomic mass is 35.5. The average Bonchev–Trinajstić information content (AvgIpc) is 2.58. The van der Waals surface area contributed by atoms with E-state index in [-0.39, 0.29) is 11.4 Å². The Labute approximate surface area is 169 Å². The SMILES string of the molecule is COc1ccc(Cl)cc1N([C@@H](C)C(=O)Nc1cccc(Cl)c1C)S(C)(=O)=O. The van der Waals surface area contributed by atoms with Gasteiger partial charge in [0.05, 0.1) is 19.1 Å². The molecule has 2 aromatic carbocycles. The number of carbonyl (C=O) groups is 1. The first-order valence-corrected chi connectivity index (χ1v) is 10.6. The Morgan fingerprint density at radius 2 is 1.89 bits per heavy atom. The van der Waals surface area contributed by atoms with Crippen LogP contribution in [0.1, 0.15) is 12.5 Å². The average molecular weight is 431 g/mol. The molecule has 0 spiro atoms. The highest BCUT2D eigenvalue weighted by Crippen LogP contribution is 2.34. The number of benzene rings is 2. The summed E-state index contributed by atoms with van der Waals surface area (Å²) in [6.07, 6.45) is 1.02. The van der Waals surface area contributed by atoms with Gasteiger partial charge in [0.1, 0.15) is 11.8 Å². The molecule has 0 aromatic heterocycles. The van der Waals surface area contributed by atoms with E-state index >= 15 is 0 Å². The van der Waals surface area contributed by atoms with E-state index in [9.17, 15) is 13.2 Å². The van der Waals surface area contributed by atoms with E-state index in [1.165, 1.54) is 20.1 Å². The van der Waals surface area contributed by atoms with Gasteiger partial charge in [-0.15, -0.1) is 0 Å². The fraction of sp³-hybridized carbons (Fsp3) is 0.278. The van der Waals surface area contributed by atoms with Crippen LogP contribution in [0, 0.1) is 6.92 Å². The minimum absolute atomic E-state index is 0.179. The van der Waals surface area contributed by atoms with E-state index in [0.29, 0.717) is 21.3 Å². The van der Waals surface area contributed by atoms with Crippen LogP contribution in [0.3, 0.4) is 0 Å². The first-order chi connectivity index (χ1) is 12.6. The van der Waals surface area contributed by atoms with Gasteiger partial charge in [-0.1, -0.05) is 29.3 Å². The van der Waals surface area contributed by atoms with Crippen LogP contribution in [0.5, 0.6) is 5.75 Å². The number of anilines is 2. The molecule has 0 aliphatic carbocycles. The number of hydrogen-bond donors (Lipinski definition) is 1. The lowest BCUT2D eigenvalue weighted by molar-refractivity contribution is -0.116. The number of hydrogen-bond acceptors (Lipinski definition) is 4. The molecule has 1 atom stereocenters. The van der Waals surface area contributed by atoms with E-state index < -0.39 is 22.0 Å². The molecule has 6 nitrogen and oxygen atoms in total. The molecule has 0 fully saturated rings. The molecule has 0 radical (unpaired) electrons. The lowest BCUT2D eigenvalue weighted by atomic mass is 10.2. The maximum Gasteiger partial charge on any atom is 0.248 e. The van der Waals surface area contributed by atoms with Crippen molar-refractivity contribution < 1.29 is 17.9 Å². The zero-order valence-corrected chi connectivity index (χ0v) is 17.6. The predicted molar refractivity (Wildman–Crippen MR) is 110 cm³/mol. The van der Waals surface area contributed by atoms with Gasteiger partial charge in [-0.2, -0.15) is 0 Å². The maximum atomic E-state index is 12.8. The number of rotatable bonds is 6. The molecule has 0 aliphatic heterocycles. The number of halogens is 2. The number of sulfonamides is 1. The molecule has 9 heteroatoms. The fourth-order valence-electron chi connectivity index (χ4n) is 2.60. The van der Waals surface area contributed by atoms with Crippen molar-refractivity contribution in [1.82, 2.24) is 0 Å². The maximum absolute atomic E-state index is 12.8. The lowest BCUT2D eigenvalue weighted by Crippen LogP contribution is -2.45. The third kappa shape index (κ3) is 4.86. The number of ether oxygens (including phenoxy) is 1. The zero-order chi connectivity index (χ0) is 20.4. The van der Waals surface area contributed by atoms with Crippen LogP contribution < -0.4 is 14.4 Å². The Morgan fingerprint density at radius 3 is 2.48 bits per heavy atom. The van der Waals surface area contributed by atoms with Gasteiger partial charge in [-0.25, -0.2) is 8.42 Å². The van der Waals surface area contributed by atoms with Crippen LogP contribution in [0.4, 0.5) is 11.4 Å². The van der Waals surface area contributed by atoms with Gasteiger partial charge in [0, 0.05) is 15.7 Å². The van der Waals surface area contributed by atoms with E-state index in [0.717, 1.165) is 10.6 Å². The third-order valence-corrected chi connectivity index (χ3v) is 5.86. The quantitative estimate of drug-likeness (QED) is 0.747. The molecule has 0 saturated heterocycles. The number of carbonyl (C=O) groups excluding carboxylic acids is 1. The standard InChI is InChI=1S/C18H20Cl2N2O4S/c1-11-14(20)6-5-7-15(11)21-18(23)12(2)22(27(4,24)25)16-10-13(19)8-9-17(16)26-3/h5-10,12H,1-4H3,(H,21,23)/t12-/m0/s1. The number of methoxy groups -OCH3 is 1. The monoisotopic (exact) mass is 430 g/mol. The number of nitrogens with one attached hydrogen (secondary N) is 1. The van der Waals surface area contributed by atoms with Crippen molar-refractivity contribution in [2.45, 2.75) is 19.9 Å². The first-order valence-electron chi connectivity index (χ1n) is 7.95. The van der Waals surface area contributed by atoms with E-state index in [1.54, 1.807) is 37.3 Å². The fourth-order valence-corrected chi connectivity index (χ4v) is 4.11. The Hall–Kier alpha value is -1.96. The van der Waals surface area contributed by atoms with Gasteiger partial charge >= 0.3 is 0 Å². The van der Waals surface area contributed by atoms with Gasteiger partial charge in [0.2, 0.25) is 15.9 Å². The smallest absolute Gasteiger partial charge is 0.248 e. The van der Waals surface area contributed by atoms with Crippen molar-refractivity contribution in [2.75, 3.05) is 23.0 Å². The molecule has 146 valence electrons. The molecule has 0 unspecified atom stereocenters. The summed E-state index contributed by atoms with van der Waals surface area (Å²) in [6.45, 7) is 3.24. The lowest BCUT2D eigenvalue weighted by Gasteiger charge is -2.29. The van der Waals surface area contributed by atoms with Crippen molar-refractivity contribution in [3.8, 4) is 5.75 Å². The highest BCUT2D eigenvalue weighted by molar-refractivity contribution is 7.92. The van der Waals surface area contributed by atoms with Crippen molar-refractivity contribution in [1.29, 1.82) is 0 Å². The summed E-state index contributed by atoms with van der Waals surface area (Å²) in [5.74, 6) is -0.240. The molecule has 0 bridgehead atoms. The van der Waals surface area contributed by atoms with Crippen LogP contribution in [-0.4, -0.2) is 33.7 Å². The molecular formula is C18H20Cl2N2O4S. The van der Waals surface area contributed by atoms with Crippen molar-refractivity contribution in [3.63, 3.8) is 0 Å². The molecular weight excluding hydrogens is 411 g/mol. The van der Waals surface area contributed by atoms with Crippen LogP contribution in [0.25, 0.3) is 0 Å². The topological polar surface area (TPSA) is 75.7 Å². The summed E-state index contributed by atoms with van der Waals surface area (Å²) >= 11 is 12.1. The minimum Gasteiger partial charge on any atom is -0.495 e. The predicted octanol–water partition coefficient (Wildman–Crippen LogP) is 4.10. The zero-order valence-electron chi connectivity index (χ0n) is 15.3. The van der Waals surface area contributed by atoms with Crippen LogP contribution >= 0.6 is 23.2 Å². The Bertz CT molecular complexity index is 964. The van der Waals surface area contributed by atoms with Crippen LogP contribution in [0.2, 0.25) is 10.0 Å². The van der Waals surface area contributed by atoms with Gasteiger partial charge in [0.25, 0.3) is 0 Å². The molecule has 27 heavy (non-hydrogen) atoms. The van der Waals surface area contributed by atoms with Gasteiger partial charge in [-0.05, 0) is 49.7 Å². The molecule has 0 saturated carbocycles. The first kappa shape index (κ1) is 21.3. The molecule has 0 heterocycles. The normalized spacial score (nSPS) is 12.4. The van der Waals surface area contributed by atoms with Crippen molar-refractivity contribution in [2.24, 2.45) is 0 Å². The summed E-state index contributed by atoms with van der Waals surface area (Å²) < 4.78 is 31.1. The second-order valence-electron chi connectivity index (χ2n) is 5.95. The third-order valence-electron chi connectivity index (χ3n) is 3.99. The Morgan fingerprint density at radius 1 is 1.22 bits per heavy atom. The summed E-state index contributed by atoms with van der Waals surface area (Å²) in [6, 6.07) is 8.59. The highest BCUT2D eigenvalue weighted by Gasteiger charge is 2.31. The summed E-state index contributed by atoms with van der Waals surface area (Å²) in [4.78, 5) is 12.8. The number of amides is 1. The second kappa shape index (κ2) is 8.37. The number of nitrogens with zero attached hydrogens (tertiary/aromatic N) is 1. The van der Waals surface area contributed by atoms with Gasteiger partial charge in [-0.3, -0.25) is 9.10 Å². The molecule has 0 aliphatic rings. The van der Waals surface area contributed by atoms with E-state index in [1.807, 2.05) is 0 Å². The Kier molecular flexibility index (Phi) is 6.62. The molecule has 1 amide bonds. The van der Waals surface area contributed by atoms with E-state index in [2.05, 4.69) is 5.32 Å². The minimum atomic E-state index is -3.81. The van der Waals surface area contributed by atoms with E-state index in [4.69, 9.17) is 27.9 Å². The Balaban J connectivity index is 2.44. The molecule has 1 N–H and O–H groups in total. The van der Waals surface area contributed by atoms with Crippen LogP contribution in [0.15, 0.2) is 36.4 Å². The molecule has 2 aromatic rings. The summed E-state index contributed by atoms with van der Waals surface area (Å²) in [5, 5.41) is 3.54. The largest absolute Gasteiger partial charge is 0.495 e. The summed E-state index contributed by atoms with van der Waals surface area (Å²) in [5.41, 5.74) is 1.37. The summed E-state index contributed by atoms with van der Waals surface area (Å²) in [7, 11) is -2.40. The van der Waals surface area contributed by atoms with Crippen molar-refractivity contribution >= 4 is 50.5 Å². The van der Waals surface area contributed by atoms with Crippen molar-refractivity contribution in [3.05, 3.63) is 52.0 Å².